The fourth-order valence-electron chi connectivity index (χ4n) is 3.31. The standard InChI is InChI=1S/C20H37NO13/c1-9(21-11(3)23)12(24)6-20(31-5,19(28)29)33-8-14-15(25)16(26)17(27)18(34-14)32-7-13(30-4)10(2)22/h9-10,12-18,22,24-27H,6-8H2,1-5H3,(H,21,23)(H,28,29)/t9-,10+,12?,13?,14?,15+,16?,17?,18+,20?/m0/s1. The van der Waals surface area contributed by atoms with Crippen molar-refractivity contribution in [3.05, 3.63) is 0 Å². The fourth-order valence-corrected chi connectivity index (χ4v) is 3.31. The third kappa shape index (κ3) is 8.05. The van der Waals surface area contributed by atoms with Crippen LogP contribution in [0.3, 0.4) is 0 Å². The second kappa shape index (κ2) is 13.6. The Balaban J connectivity index is 2.92. The number of rotatable bonds is 14. The van der Waals surface area contributed by atoms with Gasteiger partial charge in [-0.25, -0.2) is 4.79 Å². The van der Waals surface area contributed by atoms with Crippen LogP contribution in [-0.2, 0) is 33.3 Å². The lowest BCUT2D eigenvalue weighted by Crippen LogP contribution is -2.61. The minimum absolute atomic E-state index is 0.226. The zero-order chi connectivity index (χ0) is 26.2. The predicted molar refractivity (Wildman–Crippen MR) is 112 cm³/mol. The molecule has 0 spiro atoms. The number of carbonyl (C=O) groups excluding carboxylic acids is 1. The molecule has 0 aromatic rings. The van der Waals surface area contributed by atoms with Crippen molar-refractivity contribution in [2.45, 2.75) is 88.0 Å². The number of hydrogen-bond acceptors (Lipinski definition) is 12. The highest BCUT2D eigenvalue weighted by Gasteiger charge is 2.48. The molecule has 0 bridgehead atoms. The molecular weight excluding hydrogens is 462 g/mol. The minimum atomic E-state index is -2.39. The first-order valence-electron chi connectivity index (χ1n) is 10.7. The van der Waals surface area contributed by atoms with Crippen molar-refractivity contribution in [3.8, 4) is 0 Å². The summed E-state index contributed by atoms with van der Waals surface area (Å²) in [7, 11) is 2.37. The van der Waals surface area contributed by atoms with Crippen LogP contribution >= 0.6 is 0 Å². The summed E-state index contributed by atoms with van der Waals surface area (Å²) < 4.78 is 26.3. The molecule has 1 heterocycles. The predicted octanol–water partition coefficient (Wildman–Crippen LogP) is -3.07. The van der Waals surface area contributed by atoms with Crippen LogP contribution in [0.15, 0.2) is 0 Å². The summed E-state index contributed by atoms with van der Waals surface area (Å²) in [6, 6.07) is -0.830. The summed E-state index contributed by atoms with van der Waals surface area (Å²) in [5.74, 6) is -4.42. The average molecular weight is 500 g/mol. The van der Waals surface area contributed by atoms with Crippen molar-refractivity contribution in [1.82, 2.24) is 5.32 Å². The van der Waals surface area contributed by atoms with Crippen LogP contribution in [0.2, 0.25) is 0 Å². The lowest BCUT2D eigenvalue weighted by atomic mass is 9.98. The molecular formula is C20H37NO13. The summed E-state index contributed by atoms with van der Waals surface area (Å²) in [4.78, 5) is 23.2. The zero-order valence-corrected chi connectivity index (χ0v) is 19.9. The Hall–Kier alpha value is -1.46. The first-order chi connectivity index (χ1) is 15.8. The van der Waals surface area contributed by atoms with Crippen LogP contribution in [0.25, 0.3) is 0 Å². The van der Waals surface area contributed by atoms with Crippen molar-refractivity contribution < 1.29 is 63.9 Å². The maximum absolute atomic E-state index is 11.9. The number of amides is 1. The molecule has 10 atom stereocenters. The number of aliphatic carboxylic acids is 1. The van der Waals surface area contributed by atoms with Crippen molar-refractivity contribution in [2.75, 3.05) is 27.4 Å². The van der Waals surface area contributed by atoms with Gasteiger partial charge in [-0.3, -0.25) is 4.79 Å². The maximum Gasteiger partial charge on any atom is 0.364 e. The molecule has 1 rings (SSSR count). The number of carbonyl (C=O) groups is 2. The van der Waals surface area contributed by atoms with E-state index in [0.717, 1.165) is 7.11 Å². The Bertz CT molecular complexity index is 650. The van der Waals surface area contributed by atoms with E-state index in [1.165, 1.54) is 27.9 Å². The monoisotopic (exact) mass is 499 g/mol. The Morgan fingerprint density at radius 2 is 1.71 bits per heavy atom. The lowest BCUT2D eigenvalue weighted by molar-refractivity contribution is -0.321. The van der Waals surface area contributed by atoms with Gasteiger partial charge in [-0.1, -0.05) is 0 Å². The van der Waals surface area contributed by atoms with Crippen LogP contribution in [0.1, 0.15) is 27.2 Å². The van der Waals surface area contributed by atoms with Gasteiger partial charge in [0.25, 0.3) is 5.79 Å². The minimum Gasteiger partial charge on any atom is -0.477 e. The summed E-state index contributed by atoms with van der Waals surface area (Å²) >= 11 is 0. The number of aliphatic hydroxyl groups excluding tert-OH is 5. The normalized spacial score (nSPS) is 30.6. The highest BCUT2D eigenvalue weighted by atomic mass is 16.7. The van der Waals surface area contributed by atoms with Crippen molar-refractivity contribution in [3.63, 3.8) is 0 Å². The van der Waals surface area contributed by atoms with E-state index in [2.05, 4.69) is 5.32 Å². The third-order valence-electron chi connectivity index (χ3n) is 5.56. The Kier molecular flexibility index (Phi) is 12.2. The quantitative estimate of drug-likeness (QED) is 0.118. The molecule has 14 nitrogen and oxygen atoms in total. The van der Waals surface area contributed by atoms with Gasteiger partial charge in [0.2, 0.25) is 5.91 Å². The van der Waals surface area contributed by atoms with Crippen LogP contribution in [0.5, 0.6) is 0 Å². The number of methoxy groups -OCH3 is 2. The van der Waals surface area contributed by atoms with Gasteiger partial charge in [-0.05, 0) is 13.8 Å². The Morgan fingerprint density at radius 1 is 1.09 bits per heavy atom. The van der Waals surface area contributed by atoms with Gasteiger partial charge < -0.3 is 59.6 Å². The number of hydrogen-bond donors (Lipinski definition) is 7. The van der Waals surface area contributed by atoms with Gasteiger partial charge in [0.15, 0.2) is 6.29 Å². The number of aliphatic hydroxyl groups is 5. The Labute approximate surface area is 197 Å². The molecule has 0 aliphatic carbocycles. The van der Waals surface area contributed by atoms with Gasteiger partial charge in [-0.2, -0.15) is 0 Å². The summed E-state index contributed by atoms with van der Waals surface area (Å²) in [5, 5.41) is 62.8. The molecule has 7 N–H and O–H groups in total. The number of carboxylic acids is 1. The average Bonchev–Trinajstić information content (AvgIpc) is 2.76. The highest BCUT2D eigenvalue weighted by molar-refractivity contribution is 5.76. The zero-order valence-electron chi connectivity index (χ0n) is 19.9. The molecule has 1 amide bonds. The third-order valence-corrected chi connectivity index (χ3v) is 5.56. The molecule has 1 aliphatic rings. The second-order valence-corrected chi connectivity index (χ2v) is 8.20. The van der Waals surface area contributed by atoms with E-state index >= 15 is 0 Å². The Morgan fingerprint density at radius 3 is 2.18 bits per heavy atom. The molecule has 1 aliphatic heterocycles. The molecule has 200 valence electrons. The number of nitrogens with one attached hydrogen (secondary N) is 1. The van der Waals surface area contributed by atoms with E-state index in [1.807, 2.05) is 0 Å². The van der Waals surface area contributed by atoms with E-state index in [9.17, 15) is 40.2 Å². The van der Waals surface area contributed by atoms with E-state index in [0.29, 0.717) is 0 Å². The van der Waals surface area contributed by atoms with Gasteiger partial charge in [-0.15, -0.1) is 0 Å². The molecule has 6 unspecified atom stereocenters. The van der Waals surface area contributed by atoms with Crippen molar-refractivity contribution in [2.24, 2.45) is 0 Å². The molecule has 0 aromatic heterocycles. The maximum atomic E-state index is 11.9. The number of carboxylic acid groups (broad SMARTS) is 1. The van der Waals surface area contributed by atoms with E-state index in [4.69, 9.17) is 23.7 Å². The molecule has 34 heavy (non-hydrogen) atoms. The summed E-state index contributed by atoms with van der Waals surface area (Å²) in [5.41, 5.74) is 0. The second-order valence-electron chi connectivity index (χ2n) is 8.20. The topological polar surface area (TPSA) is 214 Å². The van der Waals surface area contributed by atoms with Crippen LogP contribution in [-0.4, -0.2) is 131 Å². The lowest BCUT2D eigenvalue weighted by Gasteiger charge is -2.41. The smallest absolute Gasteiger partial charge is 0.364 e. The van der Waals surface area contributed by atoms with Gasteiger partial charge >= 0.3 is 5.97 Å². The SMILES string of the molecule is COC(CO[C@@H]1OC(COC(CC(O)[C@H](C)NC(C)=O)(OC)C(=O)O)[C@@H](O)C(O)C1O)[C@@H](C)O. The van der Waals surface area contributed by atoms with Crippen LogP contribution < -0.4 is 5.32 Å². The highest BCUT2D eigenvalue weighted by Crippen LogP contribution is 2.27. The summed E-state index contributed by atoms with van der Waals surface area (Å²) in [6.45, 7) is 3.29. The molecule has 0 saturated carbocycles. The van der Waals surface area contributed by atoms with Gasteiger partial charge in [0.1, 0.15) is 30.5 Å². The largest absolute Gasteiger partial charge is 0.477 e. The van der Waals surface area contributed by atoms with E-state index in [-0.39, 0.29) is 6.61 Å². The first-order valence-corrected chi connectivity index (χ1v) is 10.7. The van der Waals surface area contributed by atoms with Gasteiger partial charge in [0, 0.05) is 27.6 Å². The fraction of sp³-hybridized carbons (Fsp3) is 0.900. The number of ether oxygens (including phenoxy) is 5. The van der Waals surface area contributed by atoms with Gasteiger partial charge in [0.05, 0.1) is 31.5 Å². The molecule has 0 aromatic carbocycles. The van der Waals surface area contributed by atoms with Crippen LogP contribution in [0.4, 0.5) is 0 Å². The molecule has 0 radical (unpaired) electrons. The first kappa shape index (κ1) is 30.6. The molecule has 14 heteroatoms. The van der Waals surface area contributed by atoms with Crippen molar-refractivity contribution in [1.29, 1.82) is 0 Å². The molecule has 1 fully saturated rings. The van der Waals surface area contributed by atoms with Crippen molar-refractivity contribution >= 4 is 11.9 Å². The summed E-state index contributed by atoms with van der Waals surface area (Å²) in [6.07, 6.45) is -11.6. The molecule has 1 saturated heterocycles. The van der Waals surface area contributed by atoms with E-state index in [1.54, 1.807) is 0 Å². The van der Waals surface area contributed by atoms with Crippen LogP contribution in [0, 0.1) is 0 Å². The van der Waals surface area contributed by atoms with E-state index < -0.39 is 85.8 Å².